The van der Waals surface area contributed by atoms with Crippen LogP contribution in [0.4, 0.5) is 5.82 Å². The van der Waals surface area contributed by atoms with Crippen molar-refractivity contribution in [1.82, 2.24) is 29.6 Å². The monoisotopic (exact) mass is 657 g/mol. The zero-order valence-electron chi connectivity index (χ0n) is 30.0. The number of fused-ring (bicyclic) bond motifs is 1. The van der Waals surface area contributed by atoms with Crippen LogP contribution in [0.25, 0.3) is 33.6 Å². The van der Waals surface area contributed by atoms with Gasteiger partial charge in [-0.1, -0.05) is 68.4 Å². The van der Waals surface area contributed by atoms with Gasteiger partial charge in [0.25, 0.3) is 0 Å². The predicted molar refractivity (Wildman–Crippen MR) is 196 cm³/mol. The van der Waals surface area contributed by atoms with Crippen molar-refractivity contribution in [2.24, 2.45) is 0 Å². The Morgan fingerprint density at radius 3 is 2.08 bits per heavy atom. The molecule has 2 aliphatic rings. The minimum absolute atomic E-state index is 0.0417. The van der Waals surface area contributed by atoms with E-state index in [1.807, 2.05) is 57.7 Å². The molecular formula is C38H55N7O3. The number of piperazine rings is 2. The zero-order chi connectivity index (χ0) is 34.5. The average molecular weight is 658 g/mol. The molecule has 0 unspecified atom stereocenters. The maximum absolute atomic E-state index is 11.0. The summed E-state index contributed by atoms with van der Waals surface area (Å²) in [6.07, 6.45) is 2.50. The number of likely N-dealkylation sites (N-methyl/N-ethyl adjacent to an activating group) is 1. The molecule has 2 aromatic heterocycles. The van der Waals surface area contributed by atoms with Crippen molar-refractivity contribution in [3.8, 4) is 22.5 Å². The lowest BCUT2D eigenvalue weighted by Crippen LogP contribution is -2.46. The second kappa shape index (κ2) is 18.1. The molecule has 260 valence electrons. The molecule has 2 saturated heterocycles. The minimum Gasteiger partial charge on any atom is -0.437 e. The number of nitrogens with one attached hydrogen (secondary N) is 1. The van der Waals surface area contributed by atoms with E-state index in [0.717, 1.165) is 112 Å². The third-order valence-corrected chi connectivity index (χ3v) is 8.66. The molecule has 0 saturated carbocycles. The molecule has 0 aliphatic carbocycles. The van der Waals surface area contributed by atoms with Crippen molar-refractivity contribution in [3.05, 3.63) is 66.5 Å². The molecule has 2 fully saturated rings. The van der Waals surface area contributed by atoms with Gasteiger partial charge in [-0.05, 0) is 38.9 Å². The highest BCUT2D eigenvalue weighted by Gasteiger charge is 2.23. The number of rotatable bonds is 9. The van der Waals surface area contributed by atoms with Crippen LogP contribution >= 0.6 is 0 Å². The summed E-state index contributed by atoms with van der Waals surface area (Å²) in [6.45, 7) is 20.4. The van der Waals surface area contributed by atoms with Gasteiger partial charge in [0.2, 0.25) is 12.1 Å². The molecule has 6 rings (SSSR count). The van der Waals surface area contributed by atoms with Crippen LogP contribution in [0.5, 0.6) is 0 Å². The molecular weight excluding hydrogens is 602 g/mol. The topological polar surface area (TPSA) is 90.2 Å². The van der Waals surface area contributed by atoms with Crippen molar-refractivity contribution in [1.29, 1.82) is 0 Å². The van der Waals surface area contributed by atoms with Crippen LogP contribution in [0.15, 0.2) is 65.3 Å². The van der Waals surface area contributed by atoms with E-state index >= 15 is 0 Å². The largest absolute Gasteiger partial charge is 0.437 e. The predicted octanol–water partition coefficient (Wildman–Crippen LogP) is 5.95. The maximum Gasteiger partial charge on any atom is 0.232 e. The second-order valence-corrected chi connectivity index (χ2v) is 13.1. The van der Waals surface area contributed by atoms with Crippen LogP contribution in [0.3, 0.4) is 0 Å². The smallest absolute Gasteiger partial charge is 0.232 e. The summed E-state index contributed by atoms with van der Waals surface area (Å²) in [7, 11) is 3.90. The standard InChI is InChI=1S/C31H37N7O2.C5H12O.C2H6/c1-35-13-15-37(16-14-35)21-24-7-9-26(10-8-24)29-27(25-5-3-2-4-6-25)28-30(33-22-34-31(28)40-29)32-11-12-36-17-19-38(23-39)20-18-36;1-5(2,3)6-4;1-2/h2-10,22-23H,11-21H2,1H3,(H,32,33,34);1-4H3;1-2H3. The number of nitrogens with zero attached hydrogens (tertiary/aromatic N) is 6. The Balaban J connectivity index is 0.000000588. The fraction of sp³-hybridized carbons (Fsp3) is 0.500. The first-order valence-corrected chi connectivity index (χ1v) is 17.3. The third kappa shape index (κ3) is 10.3. The van der Waals surface area contributed by atoms with E-state index in [4.69, 9.17) is 9.15 Å². The SMILES string of the molecule is CC.CN1CCN(Cc2ccc(-c3oc4ncnc(NCCN5CCN(C=O)CC5)c4c3-c3ccccc3)cc2)CC1.COC(C)(C)C. The molecule has 0 bridgehead atoms. The molecule has 2 aliphatic heterocycles. The first-order chi connectivity index (χ1) is 23.2. The van der Waals surface area contributed by atoms with E-state index in [1.165, 1.54) is 5.56 Å². The zero-order valence-corrected chi connectivity index (χ0v) is 30.0. The van der Waals surface area contributed by atoms with E-state index < -0.39 is 0 Å². The van der Waals surface area contributed by atoms with Gasteiger partial charge in [0.05, 0.1) is 11.0 Å². The number of methoxy groups -OCH3 is 1. The van der Waals surface area contributed by atoms with Crippen LogP contribution in [-0.4, -0.2) is 121 Å². The van der Waals surface area contributed by atoms with Crippen LogP contribution in [-0.2, 0) is 16.1 Å². The number of hydrogen-bond donors (Lipinski definition) is 1. The van der Waals surface area contributed by atoms with Crippen LogP contribution in [0, 0.1) is 0 Å². The summed E-state index contributed by atoms with van der Waals surface area (Å²) < 4.78 is 11.4. The lowest BCUT2D eigenvalue weighted by Gasteiger charge is -2.32. The van der Waals surface area contributed by atoms with E-state index in [1.54, 1.807) is 13.4 Å². The lowest BCUT2D eigenvalue weighted by atomic mass is 9.98. The van der Waals surface area contributed by atoms with Gasteiger partial charge < -0.3 is 24.3 Å². The molecule has 10 nitrogen and oxygen atoms in total. The summed E-state index contributed by atoms with van der Waals surface area (Å²) in [6, 6.07) is 19.1. The number of carbonyl (C=O) groups is 1. The summed E-state index contributed by atoms with van der Waals surface area (Å²) in [4.78, 5) is 29.3. The Kier molecular flexibility index (Phi) is 13.9. The Hall–Kier alpha value is -3.83. The number of amides is 1. The van der Waals surface area contributed by atoms with Gasteiger partial charge in [0.1, 0.15) is 17.9 Å². The molecule has 4 heterocycles. The van der Waals surface area contributed by atoms with Gasteiger partial charge in [0, 0.05) is 90.2 Å². The van der Waals surface area contributed by atoms with Crippen LogP contribution < -0.4 is 5.32 Å². The van der Waals surface area contributed by atoms with Crippen LogP contribution in [0.2, 0.25) is 0 Å². The molecule has 10 heteroatoms. The Morgan fingerprint density at radius 2 is 1.48 bits per heavy atom. The number of ether oxygens (including phenoxy) is 1. The summed E-state index contributed by atoms with van der Waals surface area (Å²) in [5, 5.41) is 4.45. The number of aromatic nitrogens is 2. The van der Waals surface area contributed by atoms with Crippen molar-refractivity contribution in [3.63, 3.8) is 0 Å². The van der Waals surface area contributed by atoms with E-state index in [9.17, 15) is 4.79 Å². The Labute approximate surface area is 287 Å². The van der Waals surface area contributed by atoms with Gasteiger partial charge in [-0.25, -0.2) is 9.97 Å². The average Bonchev–Trinajstić information content (AvgIpc) is 3.52. The normalized spacial score (nSPS) is 16.1. The Morgan fingerprint density at radius 1 is 0.854 bits per heavy atom. The molecule has 2 aromatic carbocycles. The van der Waals surface area contributed by atoms with E-state index in [2.05, 4.69) is 73.4 Å². The molecule has 1 N–H and O–H groups in total. The number of carbonyl (C=O) groups excluding carboxylic acids is 1. The molecule has 48 heavy (non-hydrogen) atoms. The highest BCUT2D eigenvalue weighted by Crippen LogP contribution is 2.42. The van der Waals surface area contributed by atoms with Gasteiger partial charge in [-0.3, -0.25) is 14.6 Å². The van der Waals surface area contributed by atoms with Gasteiger partial charge in [-0.2, -0.15) is 0 Å². The number of anilines is 1. The lowest BCUT2D eigenvalue weighted by molar-refractivity contribution is -0.119. The minimum atomic E-state index is 0.0417. The fourth-order valence-corrected chi connectivity index (χ4v) is 5.60. The maximum atomic E-state index is 11.0. The van der Waals surface area contributed by atoms with E-state index in [0.29, 0.717) is 5.71 Å². The molecule has 1 amide bonds. The molecule has 0 radical (unpaired) electrons. The highest BCUT2D eigenvalue weighted by atomic mass is 16.5. The quantitative estimate of drug-likeness (QED) is 0.220. The van der Waals surface area contributed by atoms with Crippen molar-refractivity contribution >= 4 is 23.3 Å². The number of furan rings is 1. The second-order valence-electron chi connectivity index (χ2n) is 13.1. The summed E-state index contributed by atoms with van der Waals surface area (Å²) >= 11 is 0. The first kappa shape index (κ1) is 37.0. The van der Waals surface area contributed by atoms with Gasteiger partial charge >= 0.3 is 0 Å². The number of benzene rings is 2. The van der Waals surface area contributed by atoms with Crippen molar-refractivity contribution in [2.45, 2.75) is 46.8 Å². The Bertz CT molecular complexity index is 1520. The molecule has 0 spiro atoms. The number of hydrogen-bond acceptors (Lipinski definition) is 9. The van der Waals surface area contributed by atoms with Gasteiger partial charge in [0.15, 0.2) is 0 Å². The van der Waals surface area contributed by atoms with Gasteiger partial charge in [-0.15, -0.1) is 0 Å². The fourth-order valence-electron chi connectivity index (χ4n) is 5.60. The third-order valence-electron chi connectivity index (χ3n) is 8.66. The summed E-state index contributed by atoms with van der Waals surface area (Å²) in [5.74, 6) is 1.58. The van der Waals surface area contributed by atoms with Crippen molar-refractivity contribution in [2.75, 3.05) is 84.9 Å². The van der Waals surface area contributed by atoms with E-state index in [-0.39, 0.29) is 5.60 Å². The molecule has 0 atom stereocenters. The van der Waals surface area contributed by atoms with Crippen LogP contribution in [0.1, 0.15) is 40.2 Å². The summed E-state index contributed by atoms with van der Waals surface area (Å²) in [5.41, 5.74) is 5.03. The van der Waals surface area contributed by atoms with Crippen molar-refractivity contribution < 1.29 is 13.9 Å². The first-order valence-electron chi connectivity index (χ1n) is 17.3. The molecule has 4 aromatic rings. The highest BCUT2D eigenvalue weighted by molar-refractivity contribution is 6.05.